The van der Waals surface area contributed by atoms with Crippen LogP contribution in [0.2, 0.25) is 0 Å². The number of carbonyl (C=O) groups excluding carboxylic acids is 1. The van der Waals surface area contributed by atoms with E-state index >= 15 is 0 Å². The molecule has 4 rings (SSSR count). The van der Waals surface area contributed by atoms with Gasteiger partial charge in [-0.1, -0.05) is 36.7 Å². The molecule has 2 aromatic heterocycles. The maximum Gasteiger partial charge on any atom is 0.223 e. The quantitative estimate of drug-likeness (QED) is 0.848. The van der Waals surface area contributed by atoms with Crippen LogP contribution in [0.25, 0.3) is 0 Å². The van der Waals surface area contributed by atoms with Gasteiger partial charge < -0.3 is 10.2 Å². The summed E-state index contributed by atoms with van der Waals surface area (Å²) in [6.07, 6.45) is 9.06. The van der Waals surface area contributed by atoms with Crippen LogP contribution >= 0.6 is 11.3 Å². The molecule has 1 saturated carbocycles. The fraction of sp³-hybridized carbons (Fsp3) is 0.579. The van der Waals surface area contributed by atoms with Gasteiger partial charge in [-0.25, -0.2) is 4.98 Å². The maximum absolute atomic E-state index is 12.9. The van der Waals surface area contributed by atoms with E-state index in [0.717, 1.165) is 36.0 Å². The lowest BCUT2D eigenvalue weighted by atomic mass is 9.86. The van der Waals surface area contributed by atoms with Gasteiger partial charge in [0.15, 0.2) is 0 Å². The second kappa shape index (κ2) is 8.12. The van der Waals surface area contributed by atoms with Crippen LogP contribution in [0.3, 0.4) is 0 Å². The van der Waals surface area contributed by atoms with E-state index in [0.29, 0.717) is 18.2 Å². The van der Waals surface area contributed by atoms with Crippen molar-refractivity contribution in [3.63, 3.8) is 0 Å². The van der Waals surface area contributed by atoms with E-state index in [4.69, 9.17) is 4.98 Å². The number of amides is 1. The maximum atomic E-state index is 12.9. The zero-order chi connectivity index (χ0) is 17.8. The molecule has 7 heteroatoms. The van der Waals surface area contributed by atoms with Gasteiger partial charge in [0.25, 0.3) is 0 Å². The smallest absolute Gasteiger partial charge is 0.223 e. The number of aromatic nitrogens is 3. The summed E-state index contributed by atoms with van der Waals surface area (Å²) >= 11 is 1.44. The molecule has 0 bridgehead atoms. The highest BCUT2D eigenvalue weighted by molar-refractivity contribution is 7.13. The first-order chi connectivity index (χ1) is 12.8. The van der Waals surface area contributed by atoms with Gasteiger partial charge in [-0.15, -0.1) is 10.2 Å². The minimum atomic E-state index is 0.0993. The minimum Gasteiger partial charge on any atom is -0.334 e. The second-order valence-corrected chi connectivity index (χ2v) is 8.10. The normalized spacial score (nSPS) is 21.1. The van der Waals surface area contributed by atoms with E-state index in [9.17, 15) is 4.79 Å². The molecular weight excluding hydrogens is 346 g/mol. The zero-order valence-electron chi connectivity index (χ0n) is 14.9. The van der Waals surface area contributed by atoms with E-state index in [1.54, 1.807) is 5.51 Å². The predicted molar refractivity (Wildman–Crippen MR) is 102 cm³/mol. The van der Waals surface area contributed by atoms with Crippen molar-refractivity contribution in [2.45, 2.75) is 57.4 Å². The molecule has 1 unspecified atom stereocenters. The van der Waals surface area contributed by atoms with Crippen molar-refractivity contribution in [2.75, 3.05) is 11.9 Å². The highest BCUT2D eigenvalue weighted by Crippen LogP contribution is 2.34. The molecule has 2 fully saturated rings. The lowest BCUT2D eigenvalue weighted by Crippen LogP contribution is -2.32. The van der Waals surface area contributed by atoms with Crippen LogP contribution < -0.4 is 5.32 Å². The van der Waals surface area contributed by atoms with Crippen molar-refractivity contribution >= 4 is 28.2 Å². The lowest BCUT2D eigenvalue weighted by Gasteiger charge is -2.28. The highest BCUT2D eigenvalue weighted by atomic mass is 32.1. The van der Waals surface area contributed by atoms with Gasteiger partial charge in [-0.2, -0.15) is 0 Å². The molecule has 2 aliphatic rings. The Morgan fingerprint density at radius 3 is 2.88 bits per heavy atom. The van der Waals surface area contributed by atoms with E-state index in [1.807, 2.05) is 18.2 Å². The first-order valence-corrected chi connectivity index (χ1v) is 10.5. The number of rotatable bonds is 5. The van der Waals surface area contributed by atoms with Gasteiger partial charge in [0.05, 0.1) is 11.7 Å². The standard InChI is InChI=1S/C19H25N5OS/c25-18(12-14-6-2-1-3-7-14)24-11-5-9-16(24)15-8-4-10-17(21-15)22-19-23-20-13-26-19/h4,8,10,13-14,16H,1-3,5-7,9,11-12H2,(H,21,22,23). The third-order valence-electron chi connectivity index (χ3n) is 5.47. The van der Waals surface area contributed by atoms with Crippen LogP contribution in [0.5, 0.6) is 0 Å². The summed E-state index contributed by atoms with van der Waals surface area (Å²) < 4.78 is 0. The van der Waals surface area contributed by atoms with Crippen LogP contribution in [-0.2, 0) is 4.79 Å². The Bertz CT molecular complexity index is 729. The molecule has 1 N–H and O–H groups in total. The average molecular weight is 372 g/mol. The van der Waals surface area contributed by atoms with Gasteiger partial charge in [0.2, 0.25) is 11.0 Å². The van der Waals surface area contributed by atoms with Crippen LogP contribution in [0.1, 0.15) is 63.1 Å². The summed E-state index contributed by atoms with van der Waals surface area (Å²) in [7, 11) is 0. The molecule has 26 heavy (non-hydrogen) atoms. The average Bonchev–Trinajstić information content (AvgIpc) is 3.34. The molecule has 1 saturated heterocycles. The predicted octanol–water partition coefficient (Wildman–Crippen LogP) is 4.31. The summed E-state index contributed by atoms with van der Waals surface area (Å²) in [5, 5.41) is 11.7. The van der Waals surface area contributed by atoms with Gasteiger partial charge in [0, 0.05) is 13.0 Å². The van der Waals surface area contributed by atoms with Gasteiger partial charge in [0.1, 0.15) is 11.3 Å². The topological polar surface area (TPSA) is 71.0 Å². The highest BCUT2D eigenvalue weighted by Gasteiger charge is 2.32. The fourth-order valence-electron chi connectivity index (χ4n) is 4.17. The van der Waals surface area contributed by atoms with Gasteiger partial charge in [-0.05, 0) is 43.7 Å². The van der Waals surface area contributed by atoms with E-state index in [2.05, 4.69) is 20.4 Å². The summed E-state index contributed by atoms with van der Waals surface area (Å²) in [5.74, 6) is 1.64. The van der Waals surface area contributed by atoms with Crippen molar-refractivity contribution in [3.8, 4) is 0 Å². The summed E-state index contributed by atoms with van der Waals surface area (Å²) in [4.78, 5) is 19.7. The fourth-order valence-corrected chi connectivity index (χ4v) is 4.62. The number of nitrogens with zero attached hydrogens (tertiary/aromatic N) is 4. The number of hydrogen-bond acceptors (Lipinski definition) is 6. The molecular formula is C19H25N5OS. The molecule has 0 spiro atoms. The monoisotopic (exact) mass is 371 g/mol. The Kier molecular flexibility index (Phi) is 5.43. The molecule has 1 amide bonds. The van der Waals surface area contributed by atoms with Crippen molar-refractivity contribution in [3.05, 3.63) is 29.4 Å². The Labute approximate surface area is 158 Å². The number of carbonyl (C=O) groups is 1. The second-order valence-electron chi connectivity index (χ2n) is 7.27. The first-order valence-electron chi connectivity index (χ1n) is 9.59. The lowest BCUT2D eigenvalue weighted by molar-refractivity contribution is -0.133. The van der Waals surface area contributed by atoms with Crippen molar-refractivity contribution in [2.24, 2.45) is 5.92 Å². The molecule has 3 heterocycles. The Morgan fingerprint density at radius 2 is 2.08 bits per heavy atom. The zero-order valence-corrected chi connectivity index (χ0v) is 15.7. The summed E-state index contributed by atoms with van der Waals surface area (Å²) in [6, 6.07) is 6.05. The van der Waals surface area contributed by atoms with Crippen molar-refractivity contribution < 1.29 is 4.79 Å². The third kappa shape index (κ3) is 4.03. The van der Waals surface area contributed by atoms with E-state index in [1.165, 1.54) is 43.4 Å². The number of hydrogen-bond donors (Lipinski definition) is 1. The summed E-state index contributed by atoms with van der Waals surface area (Å²) in [6.45, 7) is 0.853. The Balaban J connectivity index is 1.44. The molecule has 138 valence electrons. The molecule has 2 aromatic rings. The molecule has 0 aromatic carbocycles. The Hall–Kier alpha value is -2.02. The number of nitrogens with one attached hydrogen (secondary N) is 1. The molecule has 1 aliphatic carbocycles. The molecule has 6 nitrogen and oxygen atoms in total. The first kappa shape index (κ1) is 17.4. The molecule has 0 radical (unpaired) electrons. The van der Waals surface area contributed by atoms with Gasteiger partial charge >= 0.3 is 0 Å². The van der Waals surface area contributed by atoms with Crippen molar-refractivity contribution in [1.82, 2.24) is 20.1 Å². The SMILES string of the molecule is O=C(CC1CCCCC1)N1CCCC1c1cccc(Nc2nncs2)n1. The Morgan fingerprint density at radius 1 is 1.19 bits per heavy atom. The number of likely N-dealkylation sites (tertiary alicyclic amines) is 1. The summed E-state index contributed by atoms with van der Waals surface area (Å²) in [5.41, 5.74) is 2.66. The van der Waals surface area contributed by atoms with E-state index < -0.39 is 0 Å². The van der Waals surface area contributed by atoms with Crippen LogP contribution in [0.15, 0.2) is 23.7 Å². The number of pyridine rings is 1. The van der Waals surface area contributed by atoms with Crippen molar-refractivity contribution in [1.29, 1.82) is 0 Å². The third-order valence-corrected chi connectivity index (χ3v) is 6.07. The minimum absolute atomic E-state index is 0.0993. The van der Waals surface area contributed by atoms with Crippen LogP contribution in [-0.4, -0.2) is 32.5 Å². The number of anilines is 2. The molecule has 1 aliphatic heterocycles. The van der Waals surface area contributed by atoms with Crippen LogP contribution in [0.4, 0.5) is 10.9 Å². The van der Waals surface area contributed by atoms with Gasteiger partial charge in [-0.3, -0.25) is 4.79 Å². The molecule has 1 atom stereocenters. The largest absolute Gasteiger partial charge is 0.334 e. The van der Waals surface area contributed by atoms with Crippen LogP contribution in [0, 0.1) is 5.92 Å². The van der Waals surface area contributed by atoms with E-state index in [-0.39, 0.29) is 6.04 Å².